The molecule has 0 saturated heterocycles. The van der Waals surface area contributed by atoms with E-state index >= 15 is 0 Å². The quantitative estimate of drug-likeness (QED) is 0.667. The van der Waals surface area contributed by atoms with Gasteiger partial charge in [-0.2, -0.15) is 0 Å². The van der Waals surface area contributed by atoms with Gasteiger partial charge in [0.25, 0.3) is 5.91 Å². The normalized spacial score (nSPS) is 12.1. The molecule has 1 amide bonds. The molecule has 6 heteroatoms. The SMILES string of the molecule is CSc1ccccc1C(=O)NCC(O)c1ccc(-c2ccco2)o1. The molecule has 2 heterocycles. The third-order valence-electron chi connectivity index (χ3n) is 3.53. The number of carbonyl (C=O) groups is 1. The van der Waals surface area contributed by atoms with E-state index in [1.807, 2.05) is 24.5 Å². The van der Waals surface area contributed by atoms with Gasteiger partial charge in [0.05, 0.1) is 18.4 Å². The lowest BCUT2D eigenvalue weighted by Crippen LogP contribution is -2.28. The van der Waals surface area contributed by atoms with Crippen LogP contribution in [0.15, 0.2) is 68.5 Å². The van der Waals surface area contributed by atoms with Crippen molar-refractivity contribution in [1.82, 2.24) is 5.32 Å². The molecule has 124 valence electrons. The van der Waals surface area contributed by atoms with Gasteiger partial charge in [-0.1, -0.05) is 12.1 Å². The summed E-state index contributed by atoms with van der Waals surface area (Å²) in [7, 11) is 0. The first kappa shape index (κ1) is 16.4. The Morgan fingerprint density at radius 3 is 2.75 bits per heavy atom. The Kier molecular flexibility index (Phi) is 5.08. The zero-order chi connectivity index (χ0) is 16.9. The van der Waals surface area contributed by atoms with E-state index in [-0.39, 0.29) is 12.5 Å². The number of nitrogens with one attached hydrogen (secondary N) is 1. The zero-order valence-electron chi connectivity index (χ0n) is 13.1. The van der Waals surface area contributed by atoms with E-state index in [1.165, 1.54) is 11.8 Å². The van der Waals surface area contributed by atoms with Gasteiger partial charge < -0.3 is 19.3 Å². The monoisotopic (exact) mass is 343 g/mol. The van der Waals surface area contributed by atoms with E-state index in [1.54, 1.807) is 36.6 Å². The number of benzene rings is 1. The minimum Gasteiger partial charge on any atom is -0.461 e. The van der Waals surface area contributed by atoms with Crippen LogP contribution < -0.4 is 5.32 Å². The van der Waals surface area contributed by atoms with E-state index < -0.39 is 6.10 Å². The first-order valence-corrected chi connectivity index (χ1v) is 8.64. The summed E-state index contributed by atoms with van der Waals surface area (Å²) in [5.41, 5.74) is 0.591. The molecule has 2 N–H and O–H groups in total. The van der Waals surface area contributed by atoms with Crippen LogP contribution in [-0.4, -0.2) is 23.8 Å². The molecule has 0 aliphatic rings. The van der Waals surface area contributed by atoms with Crippen LogP contribution in [0.5, 0.6) is 0 Å². The number of aliphatic hydroxyl groups excluding tert-OH is 1. The summed E-state index contributed by atoms with van der Waals surface area (Å²) in [6.07, 6.45) is 2.54. The molecule has 3 rings (SSSR count). The Balaban J connectivity index is 1.63. The van der Waals surface area contributed by atoms with E-state index in [9.17, 15) is 9.90 Å². The summed E-state index contributed by atoms with van der Waals surface area (Å²) in [5.74, 6) is 1.27. The van der Waals surface area contributed by atoms with Crippen LogP contribution in [-0.2, 0) is 0 Å². The molecule has 1 unspecified atom stereocenters. The third-order valence-corrected chi connectivity index (χ3v) is 4.32. The molecule has 0 aliphatic carbocycles. The van der Waals surface area contributed by atoms with Crippen molar-refractivity contribution in [2.24, 2.45) is 0 Å². The van der Waals surface area contributed by atoms with Crippen molar-refractivity contribution in [2.45, 2.75) is 11.0 Å². The number of carbonyl (C=O) groups excluding carboxylic acids is 1. The van der Waals surface area contributed by atoms with E-state index in [4.69, 9.17) is 8.83 Å². The fourth-order valence-corrected chi connectivity index (χ4v) is 2.90. The number of furan rings is 2. The van der Waals surface area contributed by atoms with E-state index in [2.05, 4.69) is 5.32 Å². The Morgan fingerprint density at radius 2 is 2.00 bits per heavy atom. The third kappa shape index (κ3) is 3.55. The largest absolute Gasteiger partial charge is 0.461 e. The lowest BCUT2D eigenvalue weighted by molar-refractivity contribution is 0.0899. The highest BCUT2D eigenvalue weighted by molar-refractivity contribution is 7.98. The Bertz CT molecular complexity index is 810. The number of hydrogen-bond donors (Lipinski definition) is 2. The van der Waals surface area contributed by atoms with Crippen LogP contribution in [0, 0.1) is 0 Å². The first-order chi connectivity index (χ1) is 11.7. The van der Waals surface area contributed by atoms with Crippen molar-refractivity contribution in [3.63, 3.8) is 0 Å². The van der Waals surface area contributed by atoms with Gasteiger partial charge in [0.2, 0.25) is 0 Å². The topological polar surface area (TPSA) is 75.6 Å². The summed E-state index contributed by atoms with van der Waals surface area (Å²) in [5, 5.41) is 12.9. The summed E-state index contributed by atoms with van der Waals surface area (Å²) in [6.45, 7) is 0.0622. The summed E-state index contributed by atoms with van der Waals surface area (Å²) < 4.78 is 10.8. The molecule has 3 aromatic rings. The molecule has 24 heavy (non-hydrogen) atoms. The maximum Gasteiger partial charge on any atom is 0.252 e. The molecule has 1 atom stereocenters. The van der Waals surface area contributed by atoms with Gasteiger partial charge in [0.1, 0.15) is 11.9 Å². The maximum absolute atomic E-state index is 12.3. The lowest BCUT2D eigenvalue weighted by atomic mass is 10.2. The van der Waals surface area contributed by atoms with Crippen LogP contribution >= 0.6 is 11.8 Å². The van der Waals surface area contributed by atoms with Gasteiger partial charge in [0, 0.05) is 4.90 Å². The molecular formula is C18H17NO4S. The molecule has 1 aromatic carbocycles. The lowest BCUT2D eigenvalue weighted by Gasteiger charge is -2.11. The van der Waals surface area contributed by atoms with Crippen molar-refractivity contribution in [2.75, 3.05) is 12.8 Å². The second-order valence-corrected chi connectivity index (χ2v) is 5.95. The molecule has 0 saturated carbocycles. The van der Waals surface area contributed by atoms with Crippen LogP contribution in [0.1, 0.15) is 22.2 Å². The summed E-state index contributed by atoms with van der Waals surface area (Å²) in [6, 6.07) is 14.3. The second kappa shape index (κ2) is 7.42. The number of rotatable bonds is 6. The average Bonchev–Trinajstić information content (AvgIpc) is 3.30. The minimum absolute atomic E-state index is 0.0622. The predicted molar refractivity (Wildman–Crippen MR) is 91.9 cm³/mol. The van der Waals surface area contributed by atoms with E-state index in [0.29, 0.717) is 22.8 Å². The van der Waals surface area contributed by atoms with Crippen molar-refractivity contribution in [1.29, 1.82) is 0 Å². The standard InChI is InChI=1S/C18H17NO4S/c1-24-17-7-3-2-5-12(17)18(21)19-11-13(20)14-8-9-16(23-14)15-6-4-10-22-15/h2-10,13,20H,11H2,1H3,(H,19,21). The van der Waals surface area contributed by atoms with Gasteiger partial charge in [-0.3, -0.25) is 4.79 Å². The van der Waals surface area contributed by atoms with E-state index in [0.717, 1.165) is 4.90 Å². The zero-order valence-corrected chi connectivity index (χ0v) is 13.9. The molecular weight excluding hydrogens is 326 g/mol. The summed E-state index contributed by atoms with van der Waals surface area (Å²) in [4.78, 5) is 13.2. The van der Waals surface area contributed by atoms with Gasteiger partial charge in [-0.25, -0.2) is 0 Å². The Labute approximate surface area is 143 Å². The number of hydrogen-bond acceptors (Lipinski definition) is 5. The highest BCUT2D eigenvalue weighted by atomic mass is 32.2. The fraction of sp³-hybridized carbons (Fsp3) is 0.167. The number of thioether (sulfide) groups is 1. The fourth-order valence-electron chi connectivity index (χ4n) is 2.30. The highest BCUT2D eigenvalue weighted by Crippen LogP contribution is 2.25. The van der Waals surface area contributed by atoms with Gasteiger partial charge in [0.15, 0.2) is 11.5 Å². The molecule has 0 fully saturated rings. The van der Waals surface area contributed by atoms with Gasteiger partial charge in [-0.05, 0) is 42.7 Å². The van der Waals surface area contributed by atoms with Crippen LogP contribution in [0.2, 0.25) is 0 Å². The minimum atomic E-state index is -0.931. The maximum atomic E-state index is 12.3. The smallest absolute Gasteiger partial charge is 0.252 e. The number of amides is 1. The van der Waals surface area contributed by atoms with Crippen molar-refractivity contribution >= 4 is 17.7 Å². The van der Waals surface area contributed by atoms with Crippen molar-refractivity contribution in [3.05, 3.63) is 66.1 Å². The van der Waals surface area contributed by atoms with Gasteiger partial charge in [-0.15, -0.1) is 11.8 Å². The highest BCUT2D eigenvalue weighted by Gasteiger charge is 2.17. The molecule has 0 spiro atoms. The molecule has 0 aliphatic heterocycles. The second-order valence-electron chi connectivity index (χ2n) is 5.11. The summed E-state index contributed by atoms with van der Waals surface area (Å²) >= 11 is 1.50. The molecule has 0 bridgehead atoms. The predicted octanol–water partition coefficient (Wildman–Crippen LogP) is 3.72. The number of aliphatic hydroxyl groups is 1. The van der Waals surface area contributed by atoms with Crippen molar-refractivity contribution < 1.29 is 18.7 Å². The molecule has 2 aromatic heterocycles. The Hall–Kier alpha value is -2.44. The van der Waals surface area contributed by atoms with Crippen LogP contribution in [0.4, 0.5) is 0 Å². The van der Waals surface area contributed by atoms with Gasteiger partial charge >= 0.3 is 0 Å². The molecule has 0 radical (unpaired) electrons. The first-order valence-electron chi connectivity index (χ1n) is 7.42. The van der Waals surface area contributed by atoms with Crippen LogP contribution in [0.25, 0.3) is 11.5 Å². The average molecular weight is 343 g/mol. The Morgan fingerprint density at radius 1 is 1.17 bits per heavy atom. The van der Waals surface area contributed by atoms with Crippen molar-refractivity contribution in [3.8, 4) is 11.5 Å². The van der Waals surface area contributed by atoms with Crippen LogP contribution in [0.3, 0.4) is 0 Å². The molecule has 5 nitrogen and oxygen atoms in total.